The van der Waals surface area contributed by atoms with Gasteiger partial charge in [-0.05, 0) is 54.3 Å². The topological polar surface area (TPSA) is 69.7 Å². The Bertz CT molecular complexity index is 926. The van der Waals surface area contributed by atoms with Gasteiger partial charge in [-0.2, -0.15) is 0 Å². The molecule has 1 N–H and O–H groups in total. The predicted molar refractivity (Wildman–Crippen MR) is 119 cm³/mol. The molecule has 6 nitrogen and oxygen atoms in total. The molecule has 158 valence electrons. The van der Waals surface area contributed by atoms with Crippen molar-refractivity contribution in [2.45, 2.75) is 39.7 Å². The summed E-state index contributed by atoms with van der Waals surface area (Å²) in [7, 11) is 0. The number of aryl methyl sites for hydroxylation is 1. The number of carbonyl (C=O) groups is 3. The number of benzene rings is 2. The van der Waals surface area contributed by atoms with Gasteiger partial charge < -0.3 is 10.2 Å². The number of rotatable bonds is 7. The first-order chi connectivity index (χ1) is 14.3. The van der Waals surface area contributed by atoms with Crippen LogP contribution in [0.2, 0.25) is 5.02 Å². The Morgan fingerprint density at radius 3 is 2.27 bits per heavy atom. The summed E-state index contributed by atoms with van der Waals surface area (Å²) in [5.41, 5.74) is 2.28. The van der Waals surface area contributed by atoms with Crippen LogP contribution < -0.4 is 10.2 Å². The van der Waals surface area contributed by atoms with Crippen LogP contribution in [0.5, 0.6) is 0 Å². The third-order valence-electron chi connectivity index (χ3n) is 4.99. The second kappa shape index (κ2) is 9.30. The summed E-state index contributed by atoms with van der Waals surface area (Å²) >= 11 is 5.93. The van der Waals surface area contributed by atoms with Crippen molar-refractivity contribution < 1.29 is 14.4 Å². The maximum absolute atomic E-state index is 13.1. The smallest absolute Gasteiger partial charge is 0.326 e. The molecule has 4 amide bonds. The molecule has 0 saturated carbocycles. The quantitative estimate of drug-likeness (QED) is 0.649. The molecule has 1 aliphatic rings. The molecule has 1 saturated heterocycles. The number of nitrogens with one attached hydrogen (secondary N) is 1. The zero-order valence-corrected chi connectivity index (χ0v) is 18.1. The van der Waals surface area contributed by atoms with Gasteiger partial charge in [-0.15, -0.1) is 0 Å². The molecule has 2 aromatic carbocycles. The van der Waals surface area contributed by atoms with Gasteiger partial charge in [0.1, 0.15) is 6.04 Å². The molecule has 1 atom stereocenters. The fourth-order valence-corrected chi connectivity index (χ4v) is 3.60. The van der Waals surface area contributed by atoms with E-state index in [2.05, 4.69) is 12.2 Å². The fraction of sp³-hybridized carbons (Fsp3) is 0.348. The van der Waals surface area contributed by atoms with E-state index >= 15 is 0 Å². The van der Waals surface area contributed by atoms with Crippen molar-refractivity contribution in [2.75, 3.05) is 16.8 Å². The molecule has 30 heavy (non-hydrogen) atoms. The highest BCUT2D eigenvalue weighted by Gasteiger charge is 2.46. The van der Waals surface area contributed by atoms with E-state index in [4.69, 9.17) is 11.6 Å². The lowest BCUT2D eigenvalue weighted by molar-refractivity contribution is -0.124. The van der Waals surface area contributed by atoms with Crippen molar-refractivity contribution in [1.29, 1.82) is 0 Å². The molecule has 0 radical (unpaired) electrons. The van der Waals surface area contributed by atoms with Crippen LogP contribution in [-0.4, -0.2) is 35.3 Å². The standard InChI is InChI=1S/C23H26ClN3O3/c1-4-16-5-9-18(10-6-16)25-21(28)13-20-22(29)27(19-11-7-17(24)8-12-19)23(30)26(20)14-15(2)3/h5-12,15,20H,4,13-14H2,1-3H3,(H,25,28). The van der Waals surface area contributed by atoms with Crippen molar-refractivity contribution in [1.82, 2.24) is 4.90 Å². The molecular formula is C23H26ClN3O3. The van der Waals surface area contributed by atoms with Crippen molar-refractivity contribution in [3.8, 4) is 0 Å². The van der Waals surface area contributed by atoms with Gasteiger partial charge in [0.05, 0.1) is 12.1 Å². The van der Waals surface area contributed by atoms with Gasteiger partial charge in [0.15, 0.2) is 0 Å². The second-order valence-corrected chi connectivity index (χ2v) is 8.23. The highest BCUT2D eigenvalue weighted by Crippen LogP contribution is 2.28. The minimum Gasteiger partial charge on any atom is -0.326 e. The molecule has 1 heterocycles. The number of hydrogen-bond donors (Lipinski definition) is 1. The van der Waals surface area contributed by atoms with E-state index in [1.54, 1.807) is 24.3 Å². The van der Waals surface area contributed by atoms with Crippen LogP contribution >= 0.6 is 11.6 Å². The Kier molecular flexibility index (Phi) is 6.77. The molecule has 0 spiro atoms. The summed E-state index contributed by atoms with van der Waals surface area (Å²) in [5, 5.41) is 3.34. The molecule has 0 aliphatic carbocycles. The normalized spacial score (nSPS) is 16.5. The Balaban J connectivity index is 1.79. The predicted octanol–water partition coefficient (Wildman–Crippen LogP) is 4.72. The molecule has 3 rings (SSSR count). The molecule has 7 heteroatoms. The average Bonchev–Trinajstić information content (AvgIpc) is 2.93. The summed E-state index contributed by atoms with van der Waals surface area (Å²) in [6, 6.07) is 12.8. The lowest BCUT2D eigenvalue weighted by Crippen LogP contribution is -2.40. The van der Waals surface area contributed by atoms with Crippen LogP contribution in [0.25, 0.3) is 0 Å². The third-order valence-corrected chi connectivity index (χ3v) is 5.24. The highest BCUT2D eigenvalue weighted by atomic mass is 35.5. The van der Waals surface area contributed by atoms with Crippen LogP contribution in [0.1, 0.15) is 32.8 Å². The molecule has 0 aromatic heterocycles. The Hall–Kier alpha value is -2.86. The summed E-state index contributed by atoms with van der Waals surface area (Å²) in [6.45, 7) is 6.38. The first-order valence-corrected chi connectivity index (χ1v) is 10.5. The molecular weight excluding hydrogens is 402 g/mol. The lowest BCUT2D eigenvalue weighted by atomic mass is 10.1. The molecule has 0 bridgehead atoms. The number of halogens is 1. The number of urea groups is 1. The van der Waals surface area contributed by atoms with Gasteiger partial charge in [-0.25, -0.2) is 9.69 Å². The fourth-order valence-electron chi connectivity index (χ4n) is 3.47. The van der Waals surface area contributed by atoms with Crippen LogP contribution in [0, 0.1) is 5.92 Å². The van der Waals surface area contributed by atoms with E-state index < -0.39 is 18.0 Å². The van der Waals surface area contributed by atoms with Crippen LogP contribution in [0.4, 0.5) is 16.2 Å². The number of amides is 4. The van der Waals surface area contributed by atoms with E-state index in [0.717, 1.165) is 11.3 Å². The zero-order valence-electron chi connectivity index (χ0n) is 17.4. The van der Waals surface area contributed by atoms with E-state index in [-0.39, 0.29) is 18.2 Å². The molecule has 1 fully saturated rings. The van der Waals surface area contributed by atoms with E-state index in [0.29, 0.717) is 22.9 Å². The first kappa shape index (κ1) is 21.8. The Morgan fingerprint density at radius 1 is 1.07 bits per heavy atom. The number of hydrogen-bond acceptors (Lipinski definition) is 3. The number of imide groups is 1. The summed E-state index contributed by atoms with van der Waals surface area (Å²) in [4.78, 5) is 41.4. The van der Waals surface area contributed by atoms with Gasteiger partial charge in [-0.1, -0.05) is 44.5 Å². The van der Waals surface area contributed by atoms with Gasteiger partial charge in [0, 0.05) is 17.3 Å². The largest absolute Gasteiger partial charge is 0.332 e. The Morgan fingerprint density at radius 2 is 1.70 bits per heavy atom. The van der Waals surface area contributed by atoms with Crippen LogP contribution in [0.3, 0.4) is 0 Å². The monoisotopic (exact) mass is 427 g/mol. The maximum atomic E-state index is 13.1. The SMILES string of the molecule is CCc1ccc(NC(=O)CC2C(=O)N(c3ccc(Cl)cc3)C(=O)N2CC(C)C)cc1. The summed E-state index contributed by atoms with van der Waals surface area (Å²) < 4.78 is 0. The average molecular weight is 428 g/mol. The van der Waals surface area contributed by atoms with E-state index in [9.17, 15) is 14.4 Å². The highest BCUT2D eigenvalue weighted by molar-refractivity contribution is 6.30. The van der Waals surface area contributed by atoms with Crippen molar-refractivity contribution in [3.05, 3.63) is 59.1 Å². The van der Waals surface area contributed by atoms with Gasteiger partial charge in [0.25, 0.3) is 5.91 Å². The number of anilines is 2. The second-order valence-electron chi connectivity index (χ2n) is 7.80. The molecule has 1 unspecified atom stereocenters. The van der Waals surface area contributed by atoms with Crippen molar-refractivity contribution in [3.63, 3.8) is 0 Å². The zero-order chi connectivity index (χ0) is 21.8. The number of nitrogens with zero attached hydrogens (tertiary/aromatic N) is 2. The van der Waals surface area contributed by atoms with Gasteiger partial charge in [-0.3, -0.25) is 9.59 Å². The van der Waals surface area contributed by atoms with E-state index in [1.807, 2.05) is 38.1 Å². The minimum atomic E-state index is -0.842. The first-order valence-electron chi connectivity index (χ1n) is 10.1. The number of carbonyl (C=O) groups excluding carboxylic acids is 3. The van der Waals surface area contributed by atoms with Gasteiger partial charge >= 0.3 is 6.03 Å². The van der Waals surface area contributed by atoms with Crippen molar-refractivity contribution in [2.24, 2.45) is 5.92 Å². The minimum absolute atomic E-state index is 0.100. The Labute approximate surface area is 181 Å². The maximum Gasteiger partial charge on any atom is 0.332 e. The van der Waals surface area contributed by atoms with Gasteiger partial charge in [0.2, 0.25) is 5.91 Å². The third kappa shape index (κ3) is 4.82. The molecule has 1 aliphatic heterocycles. The summed E-state index contributed by atoms with van der Waals surface area (Å²) in [5.74, 6) is -0.560. The van der Waals surface area contributed by atoms with Crippen LogP contribution in [0.15, 0.2) is 48.5 Å². The molecule has 2 aromatic rings. The van der Waals surface area contributed by atoms with Crippen LogP contribution in [-0.2, 0) is 16.0 Å². The van der Waals surface area contributed by atoms with Crippen molar-refractivity contribution >= 4 is 40.8 Å². The van der Waals surface area contributed by atoms with E-state index in [1.165, 1.54) is 10.5 Å². The lowest BCUT2D eigenvalue weighted by Gasteiger charge is -2.23. The summed E-state index contributed by atoms with van der Waals surface area (Å²) in [6.07, 6.45) is 0.814.